The van der Waals surface area contributed by atoms with E-state index in [1.807, 2.05) is 0 Å². The van der Waals surface area contributed by atoms with Crippen LogP contribution in [0.5, 0.6) is 0 Å². The molecule has 0 N–H and O–H groups in total. The van der Waals surface area contributed by atoms with Crippen molar-refractivity contribution in [2.24, 2.45) is 0 Å². The average molecular weight is 339 g/mol. The Hall–Kier alpha value is -0.590. The summed E-state index contributed by atoms with van der Waals surface area (Å²) in [6.07, 6.45) is 6.69. The summed E-state index contributed by atoms with van der Waals surface area (Å²) in [4.78, 5) is 11.7. The van der Waals surface area contributed by atoms with Crippen molar-refractivity contribution in [2.75, 3.05) is 6.61 Å². The van der Waals surface area contributed by atoms with E-state index in [0.29, 0.717) is 6.61 Å². The molecule has 0 aliphatic heterocycles. The fourth-order valence-electron chi connectivity index (χ4n) is 1.68. The third kappa shape index (κ3) is 6.24. The number of halogens is 1. The summed E-state index contributed by atoms with van der Waals surface area (Å²) in [5.41, 5.74) is 0.236. The zero-order chi connectivity index (χ0) is 15.0. The second-order valence-electron chi connectivity index (χ2n) is 4.50. The predicted octanol–water partition coefficient (Wildman–Crippen LogP) is 4.19. The molecule has 0 saturated heterocycles. The normalized spacial score (nSPS) is 11.5. The highest BCUT2D eigenvalue weighted by atomic mass is 35.7. The molecular weight excluding hydrogens is 320 g/mol. The average Bonchev–Trinajstić information content (AvgIpc) is 2.87. The number of thiophene rings is 1. The van der Waals surface area contributed by atoms with Gasteiger partial charge in [-0.1, -0.05) is 39.0 Å². The molecule has 0 aliphatic carbocycles. The summed E-state index contributed by atoms with van der Waals surface area (Å²) in [5.74, 6) is -0.499. The highest BCUT2D eigenvalue weighted by Crippen LogP contribution is 2.24. The second kappa shape index (κ2) is 8.64. The number of carbonyl (C=O) groups excluding carboxylic acids is 1. The number of unbranched alkanes of at least 4 members (excludes halogenated alkanes) is 5. The first kappa shape index (κ1) is 17.5. The van der Waals surface area contributed by atoms with Crippen molar-refractivity contribution in [3.05, 3.63) is 17.0 Å². The van der Waals surface area contributed by atoms with Gasteiger partial charge in [-0.2, -0.15) is 0 Å². The molecule has 0 bridgehead atoms. The van der Waals surface area contributed by atoms with Crippen molar-refractivity contribution >= 4 is 37.0 Å². The summed E-state index contributed by atoms with van der Waals surface area (Å²) in [5, 5.41) is 1.44. The molecule has 4 nitrogen and oxygen atoms in total. The lowest BCUT2D eigenvalue weighted by Crippen LogP contribution is -2.05. The van der Waals surface area contributed by atoms with Crippen LogP contribution in [0.25, 0.3) is 0 Å². The Labute approximate surface area is 128 Å². The Morgan fingerprint density at radius 2 is 1.90 bits per heavy atom. The number of ether oxygens (including phenoxy) is 1. The highest BCUT2D eigenvalue weighted by molar-refractivity contribution is 8.15. The quantitative estimate of drug-likeness (QED) is 0.385. The maximum absolute atomic E-state index is 11.7. The molecular formula is C13H19ClO4S2. The van der Waals surface area contributed by atoms with Gasteiger partial charge in [-0.25, -0.2) is 13.2 Å². The fourth-order valence-corrected chi connectivity index (χ4v) is 3.62. The summed E-state index contributed by atoms with van der Waals surface area (Å²) in [7, 11) is 1.42. The van der Waals surface area contributed by atoms with E-state index in [9.17, 15) is 13.2 Å². The largest absolute Gasteiger partial charge is 0.462 e. The summed E-state index contributed by atoms with van der Waals surface area (Å²) < 4.78 is 27.2. The van der Waals surface area contributed by atoms with E-state index < -0.39 is 15.0 Å². The zero-order valence-corrected chi connectivity index (χ0v) is 13.8. The Bertz CT molecular complexity index is 522. The van der Waals surface area contributed by atoms with Crippen LogP contribution >= 0.6 is 22.0 Å². The minimum atomic E-state index is -3.77. The molecule has 7 heteroatoms. The molecule has 0 atom stereocenters. The Morgan fingerprint density at radius 1 is 1.25 bits per heavy atom. The second-order valence-corrected chi connectivity index (χ2v) is 8.20. The van der Waals surface area contributed by atoms with Crippen LogP contribution in [0.4, 0.5) is 0 Å². The highest BCUT2D eigenvalue weighted by Gasteiger charge is 2.17. The Balaban J connectivity index is 2.28. The molecule has 1 aromatic heterocycles. The molecule has 0 aromatic carbocycles. The SMILES string of the molecule is CCCCCCCCOC(=O)c1csc(S(=O)(=O)Cl)c1. The third-order valence-corrected chi connectivity index (χ3v) is 5.82. The first-order valence-electron chi connectivity index (χ1n) is 6.65. The molecule has 0 amide bonds. The lowest BCUT2D eigenvalue weighted by atomic mass is 10.1. The van der Waals surface area contributed by atoms with Crippen LogP contribution in [0.2, 0.25) is 0 Å². The summed E-state index contributed by atoms with van der Waals surface area (Å²) in [6, 6.07) is 1.25. The van der Waals surface area contributed by atoms with Gasteiger partial charge in [0.2, 0.25) is 0 Å². The first-order chi connectivity index (χ1) is 9.45. The predicted molar refractivity (Wildman–Crippen MR) is 81.0 cm³/mol. The Morgan fingerprint density at radius 3 is 2.50 bits per heavy atom. The maximum atomic E-state index is 11.7. The van der Waals surface area contributed by atoms with Crippen molar-refractivity contribution in [2.45, 2.75) is 49.7 Å². The van der Waals surface area contributed by atoms with Crippen LogP contribution in [0, 0.1) is 0 Å². The van der Waals surface area contributed by atoms with Gasteiger partial charge >= 0.3 is 5.97 Å². The minimum absolute atomic E-state index is 0.0364. The smallest absolute Gasteiger partial charge is 0.339 e. The van der Waals surface area contributed by atoms with E-state index in [0.717, 1.165) is 30.6 Å². The molecule has 114 valence electrons. The van der Waals surface area contributed by atoms with Gasteiger partial charge in [0.15, 0.2) is 0 Å². The third-order valence-electron chi connectivity index (χ3n) is 2.78. The van der Waals surface area contributed by atoms with Crippen molar-refractivity contribution in [1.82, 2.24) is 0 Å². The van der Waals surface area contributed by atoms with Gasteiger partial charge in [-0.15, -0.1) is 11.3 Å². The Kier molecular flexibility index (Phi) is 7.55. The molecule has 20 heavy (non-hydrogen) atoms. The molecule has 1 heterocycles. The maximum Gasteiger partial charge on any atom is 0.339 e. The first-order valence-corrected chi connectivity index (χ1v) is 9.84. The van der Waals surface area contributed by atoms with Gasteiger partial charge in [-0.3, -0.25) is 0 Å². The number of hydrogen-bond acceptors (Lipinski definition) is 5. The molecule has 0 unspecified atom stereocenters. The lowest BCUT2D eigenvalue weighted by molar-refractivity contribution is 0.0498. The van der Waals surface area contributed by atoms with E-state index in [4.69, 9.17) is 15.4 Å². The molecule has 1 aromatic rings. The molecule has 1 rings (SSSR count). The van der Waals surface area contributed by atoms with Gasteiger partial charge in [0.05, 0.1) is 12.2 Å². The van der Waals surface area contributed by atoms with E-state index in [2.05, 4.69) is 6.92 Å². The molecule has 0 fully saturated rings. The summed E-state index contributed by atoms with van der Waals surface area (Å²) in [6.45, 7) is 2.53. The lowest BCUT2D eigenvalue weighted by Gasteiger charge is -2.03. The van der Waals surface area contributed by atoms with Crippen LogP contribution < -0.4 is 0 Å². The van der Waals surface area contributed by atoms with Gasteiger partial charge in [0.25, 0.3) is 9.05 Å². The number of hydrogen-bond donors (Lipinski definition) is 0. The van der Waals surface area contributed by atoms with E-state index in [-0.39, 0.29) is 9.77 Å². The van der Waals surface area contributed by atoms with Crippen molar-refractivity contribution in [3.8, 4) is 0 Å². The topological polar surface area (TPSA) is 60.4 Å². The van der Waals surface area contributed by atoms with Crippen molar-refractivity contribution < 1.29 is 17.9 Å². The molecule has 0 saturated carbocycles. The van der Waals surface area contributed by atoms with E-state index >= 15 is 0 Å². The van der Waals surface area contributed by atoms with Crippen molar-refractivity contribution in [3.63, 3.8) is 0 Å². The monoisotopic (exact) mass is 338 g/mol. The summed E-state index contributed by atoms with van der Waals surface area (Å²) >= 11 is 0.917. The van der Waals surface area contributed by atoms with Crippen LogP contribution in [0.1, 0.15) is 55.8 Å². The molecule has 0 spiro atoms. The van der Waals surface area contributed by atoms with Gasteiger partial charge in [0.1, 0.15) is 4.21 Å². The minimum Gasteiger partial charge on any atom is -0.462 e. The number of carbonyl (C=O) groups is 1. The van der Waals surface area contributed by atoms with Crippen molar-refractivity contribution in [1.29, 1.82) is 0 Å². The van der Waals surface area contributed by atoms with Gasteiger partial charge in [0, 0.05) is 16.1 Å². The van der Waals surface area contributed by atoms with Crippen LogP contribution in [0.15, 0.2) is 15.7 Å². The van der Waals surface area contributed by atoms with Crippen LogP contribution in [0.3, 0.4) is 0 Å². The molecule has 0 radical (unpaired) electrons. The van der Waals surface area contributed by atoms with Crippen LogP contribution in [-0.4, -0.2) is 21.0 Å². The standard InChI is InChI=1S/C13H19ClO4S2/c1-2-3-4-5-6-7-8-18-13(15)11-9-12(19-10-11)20(14,16)17/h9-10H,2-8H2,1H3. The van der Waals surface area contributed by atoms with Gasteiger partial charge in [-0.05, 0) is 12.5 Å². The number of rotatable bonds is 9. The van der Waals surface area contributed by atoms with Crippen LogP contribution in [-0.2, 0) is 13.8 Å². The fraction of sp³-hybridized carbons (Fsp3) is 0.615. The molecule has 0 aliphatic rings. The van der Waals surface area contributed by atoms with E-state index in [1.54, 1.807) is 0 Å². The van der Waals surface area contributed by atoms with Gasteiger partial charge < -0.3 is 4.74 Å². The number of esters is 1. The van der Waals surface area contributed by atoms with E-state index in [1.165, 1.54) is 30.7 Å². The zero-order valence-electron chi connectivity index (χ0n) is 11.4.